The van der Waals surface area contributed by atoms with Gasteiger partial charge in [0.25, 0.3) is 11.6 Å². The van der Waals surface area contributed by atoms with E-state index < -0.39 is 10.8 Å². The minimum Gasteiger partial charge on any atom is -0.348 e. The molecule has 0 saturated heterocycles. The van der Waals surface area contributed by atoms with Crippen molar-refractivity contribution in [1.29, 1.82) is 5.26 Å². The maximum absolute atomic E-state index is 12.4. The van der Waals surface area contributed by atoms with Crippen molar-refractivity contribution in [3.63, 3.8) is 0 Å². The molecule has 1 N–H and O–H groups in total. The van der Waals surface area contributed by atoms with Crippen LogP contribution in [0, 0.1) is 27.4 Å². The molecule has 25 heavy (non-hydrogen) atoms. The van der Waals surface area contributed by atoms with Crippen molar-refractivity contribution < 1.29 is 9.72 Å². The second kappa shape index (κ2) is 8.43. The third-order valence-corrected chi connectivity index (χ3v) is 4.79. The van der Waals surface area contributed by atoms with Crippen LogP contribution in [0.15, 0.2) is 23.8 Å². The van der Waals surface area contributed by atoms with E-state index in [0.717, 1.165) is 19.3 Å². The summed E-state index contributed by atoms with van der Waals surface area (Å²) in [6, 6.07) is 6.76. The maximum Gasteiger partial charge on any atom is 0.273 e. The summed E-state index contributed by atoms with van der Waals surface area (Å²) in [5.41, 5.74) is 1.08. The molecule has 0 aliphatic heterocycles. The van der Waals surface area contributed by atoms with Gasteiger partial charge in [0.05, 0.1) is 4.92 Å². The predicted octanol–water partition coefficient (Wildman–Crippen LogP) is 3.76. The number of nitriles is 1. The molecule has 1 aliphatic rings. The third kappa shape index (κ3) is 4.66. The molecule has 0 unspecified atom stereocenters. The van der Waals surface area contributed by atoms with Crippen molar-refractivity contribution in [3.8, 4) is 6.07 Å². The zero-order valence-electron chi connectivity index (χ0n) is 14.6. The molecule has 6 heteroatoms. The summed E-state index contributed by atoms with van der Waals surface area (Å²) in [6.07, 6.45) is 6.19. The number of hydrogen-bond acceptors (Lipinski definition) is 4. The number of aryl methyl sites for hydroxylation is 1. The van der Waals surface area contributed by atoms with Crippen molar-refractivity contribution in [1.82, 2.24) is 5.32 Å². The Kier molecular flexibility index (Phi) is 6.29. The van der Waals surface area contributed by atoms with Gasteiger partial charge in [0.2, 0.25) is 0 Å². The number of benzene rings is 1. The van der Waals surface area contributed by atoms with Crippen molar-refractivity contribution in [2.75, 3.05) is 0 Å². The second-order valence-electron chi connectivity index (χ2n) is 6.51. The number of rotatable bonds is 5. The Morgan fingerprint density at radius 2 is 2.16 bits per heavy atom. The van der Waals surface area contributed by atoms with Gasteiger partial charge in [-0.05, 0) is 36.8 Å². The molecule has 2 rings (SSSR count). The van der Waals surface area contributed by atoms with E-state index in [2.05, 4.69) is 12.2 Å². The number of amides is 1. The first-order valence-electron chi connectivity index (χ1n) is 8.66. The Balaban J connectivity index is 2.22. The van der Waals surface area contributed by atoms with E-state index >= 15 is 0 Å². The van der Waals surface area contributed by atoms with Crippen LogP contribution in [0.1, 0.15) is 50.7 Å². The van der Waals surface area contributed by atoms with E-state index in [1.807, 2.05) is 13.0 Å². The van der Waals surface area contributed by atoms with Crippen LogP contribution in [0.25, 0.3) is 6.08 Å². The van der Waals surface area contributed by atoms with Gasteiger partial charge in [-0.25, -0.2) is 0 Å². The van der Waals surface area contributed by atoms with Gasteiger partial charge in [-0.15, -0.1) is 0 Å². The van der Waals surface area contributed by atoms with Crippen molar-refractivity contribution in [2.45, 2.75) is 52.0 Å². The summed E-state index contributed by atoms with van der Waals surface area (Å²) in [5.74, 6) is -0.0222. The molecule has 0 heterocycles. The summed E-state index contributed by atoms with van der Waals surface area (Å²) < 4.78 is 0. The Hall–Kier alpha value is -2.68. The lowest BCUT2D eigenvalue weighted by atomic mass is 9.86. The standard InChI is InChI=1S/C19H23N3O3/c1-3-15-9-8-14(11-18(15)22(24)25)10-16(12-20)19(23)21-17-7-5-4-6-13(17)2/h8-11,13,17H,3-7H2,1-2H3,(H,21,23)/b16-10+/t13-,17+/m0/s1. The summed E-state index contributed by atoms with van der Waals surface area (Å²) >= 11 is 0. The average molecular weight is 341 g/mol. The predicted molar refractivity (Wildman–Crippen MR) is 95.6 cm³/mol. The van der Waals surface area contributed by atoms with Crippen LogP contribution in [0.3, 0.4) is 0 Å². The molecular formula is C19H23N3O3. The first kappa shape index (κ1) is 18.7. The van der Waals surface area contributed by atoms with Crippen LogP contribution in [-0.2, 0) is 11.2 Å². The minimum absolute atomic E-state index is 0.00912. The van der Waals surface area contributed by atoms with E-state index in [1.54, 1.807) is 12.1 Å². The van der Waals surface area contributed by atoms with Crippen LogP contribution >= 0.6 is 0 Å². The van der Waals surface area contributed by atoms with E-state index in [4.69, 9.17) is 0 Å². The van der Waals surface area contributed by atoms with E-state index in [9.17, 15) is 20.2 Å². The van der Waals surface area contributed by atoms with Gasteiger partial charge in [0.1, 0.15) is 11.6 Å². The molecule has 6 nitrogen and oxygen atoms in total. The summed E-state index contributed by atoms with van der Waals surface area (Å²) in [7, 11) is 0. The second-order valence-corrected chi connectivity index (χ2v) is 6.51. The first-order valence-corrected chi connectivity index (χ1v) is 8.66. The number of nitrogens with zero attached hydrogens (tertiary/aromatic N) is 2. The summed E-state index contributed by atoms with van der Waals surface area (Å²) in [4.78, 5) is 23.1. The molecule has 1 aromatic rings. The first-order chi connectivity index (χ1) is 12.0. The molecule has 0 bridgehead atoms. The Morgan fingerprint density at radius 1 is 1.44 bits per heavy atom. The fourth-order valence-electron chi connectivity index (χ4n) is 3.23. The number of nitro groups is 1. The van der Waals surface area contributed by atoms with Gasteiger partial charge in [-0.3, -0.25) is 14.9 Å². The highest BCUT2D eigenvalue weighted by atomic mass is 16.6. The van der Waals surface area contributed by atoms with Crippen LogP contribution in [0.5, 0.6) is 0 Å². The van der Waals surface area contributed by atoms with Gasteiger partial charge in [0, 0.05) is 17.7 Å². The van der Waals surface area contributed by atoms with Crippen LogP contribution in [0.2, 0.25) is 0 Å². The van der Waals surface area contributed by atoms with Crippen LogP contribution in [-0.4, -0.2) is 16.9 Å². The number of hydrogen-bond donors (Lipinski definition) is 1. The maximum atomic E-state index is 12.4. The molecule has 1 aliphatic carbocycles. The Morgan fingerprint density at radius 3 is 2.76 bits per heavy atom. The molecule has 1 fully saturated rings. The average Bonchev–Trinajstić information content (AvgIpc) is 2.61. The smallest absolute Gasteiger partial charge is 0.273 e. The minimum atomic E-state index is -0.438. The SMILES string of the molecule is CCc1ccc(/C=C(\C#N)C(=O)N[C@@H]2CCCC[C@@H]2C)cc1[N+](=O)[O-]. The molecule has 0 spiro atoms. The molecule has 0 aromatic heterocycles. The monoisotopic (exact) mass is 341 g/mol. The van der Waals surface area contributed by atoms with E-state index in [-0.39, 0.29) is 17.3 Å². The summed E-state index contributed by atoms with van der Waals surface area (Å²) in [6.45, 7) is 3.95. The van der Waals surface area contributed by atoms with E-state index in [0.29, 0.717) is 23.5 Å². The largest absolute Gasteiger partial charge is 0.348 e. The molecule has 1 saturated carbocycles. The van der Waals surface area contributed by atoms with Gasteiger partial charge < -0.3 is 5.32 Å². The number of carbonyl (C=O) groups is 1. The lowest BCUT2D eigenvalue weighted by Gasteiger charge is -2.29. The molecule has 0 radical (unpaired) electrons. The summed E-state index contributed by atoms with van der Waals surface area (Å²) in [5, 5.41) is 23.4. The van der Waals surface area contributed by atoms with Gasteiger partial charge in [0.15, 0.2) is 0 Å². The van der Waals surface area contributed by atoms with Crippen LogP contribution in [0.4, 0.5) is 5.69 Å². The molecule has 132 valence electrons. The Bertz CT molecular complexity index is 734. The molecule has 1 aromatic carbocycles. The molecule has 1 amide bonds. The number of nitrogens with one attached hydrogen (secondary N) is 1. The van der Waals surface area contributed by atoms with Crippen molar-refractivity contribution in [2.24, 2.45) is 5.92 Å². The third-order valence-electron chi connectivity index (χ3n) is 4.79. The van der Waals surface area contributed by atoms with Gasteiger partial charge in [-0.1, -0.05) is 38.8 Å². The van der Waals surface area contributed by atoms with Crippen LogP contribution < -0.4 is 5.32 Å². The molecular weight excluding hydrogens is 318 g/mol. The fourth-order valence-corrected chi connectivity index (χ4v) is 3.23. The lowest BCUT2D eigenvalue weighted by Crippen LogP contribution is -2.41. The van der Waals surface area contributed by atoms with Gasteiger partial charge >= 0.3 is 0 Å². The van der Waals surface area contributed by atoms with E-state index in [1.165, 1.54) is 18.6 Å². The highest BCUT2D eigenvalue weighted by molar-refractivity contribution is 6.01. The van der Waals surface area contributed by atoms with Crippen molar-refractivity contribution in [3.05, 3.63) is 45.0 Å². The number of carbonyl (C=O) groups excluding carboxylic acids is 1. The Labute approximate surface area is 147 Å². The lowest BCUT2D eigenvalue weighted by molar-refractivity contribution is -0.385. The fraction of sp³-hybridized carbons (Fsp3) is 0.474. The quantitative estimate of drug-likeness (QED) is 0.382. The highest BCUT2D eigenvalue weighted by Crippen LogP contribution is 2.25. The van der Waals surface area contributed by atoms with Gasteiger partial charge in [-0.2, -0.15) is 5.26 Å². The number of nitro benzene ring substituents is 1. The van der Waals surface area contributed by atoms with Crippen molar-refractivity contribution >= 4 is 17.7 Å². The normalized spacial score (nSPS) is 20.6. The zero-order valence-corrected chi connectivity index (χ0v) is 14.6. The highest BCUT2D eigenvalue weighted by Gasteiger charge is 2.24. The topological polar surface area (TPSA) is 96.0 Å². The zero-order chi connectivity index (χ0) is 18.4. The molecule has 2 atom stereocenters.